The van der Waals surface area contributed by atoms with Crippen LogP contribution in [-0.4, -0.2) is 23.1 Å². The summed E-state index contributed by atoms with van der Waals surface area (Å²) in [6.07, 6.45) is 5.14. The molecule has 21 heavy (non-hydrogen) atoms. The second kappa shape index (κ2) is 8.21. The van der Waals surface area contributed by atoms with Gasteiger partial charge in [0, 0.05) is 18.5 Å². The van der Waals surface area contributed by atoms with E-state index in [1.807, 2.05) is 18.2 Å². The Morgan fingerprint density at radius 3 is 2.67 bits per heavy atom. The van der Waals surface area contributed by atoms with Crippen molar-refractivity contribution in [1.82, 2.24) is 9.97 Å². The van der Waals surface area contributed by atoms with Crippen LogP contribution in [0.1, 0.15) is 24.7 Å². The molecule has 0 unspecified atom stereocenters. The molecule has 2 rings (SSSR count). The minimum atomic E-state index is 0.329. The molecule has 2 aromatic rings. The third kappa shape index (κ3) is 4.72. The molecular formula is C16H21N3O2. The van der Waals surface area contributed by atoms with E-state index in [2.05, 4.69) is 16.9 Å². The van der Waals surface area contributed by atoms with Crippen molar-refractivity contribution in [2.45, 2.75) is 26.4 Å². The first-order valence-corrected chi connectivity index (χ1v) is 7.18. The number of hydrogen-bond acceptors (Lipinski definition) is 5. The molecule has 5 heteroatoms. The summed E-state index contributed by atoms with van der Waals surface area (Å²) in [4.78, 5) is 8.30. The van der Waals surface area contributed by atoms with Crippen LogP contribution in [-0.2, 0) is 13.0 Å². The van der Waals surface area contributed by atoms with Gasteiger partial charge in [-0.3, -0.25) is 0 Å². The predicted octanol–water partition coefficient (Wildman–Crippen LogP) is 2.35. The van der Waals surface area contributed by atoms with E-state index >= 15 is 0 Å². The van der Waals surface area contributed by atoms with Crippen molar-refractivity contribution in [1.29, 1.82) is 0 Å². The molecule has 0 saturated carbocycles. The number of rotatable bonds is 8. The maximum atomic E-state index is 5.84. The molecule has 0 fully saturated rings. The summed E-state index contributed by atoms with van der Waals surface area (Å²) in [5.74, 6) is 2.24. The molecule has 0 radical (unpaired) electrons. The summed E-state index contributed by atoms with van der Waals surface area (Å²) < 4.78 is 11.5. The summed E-state index contributed by atoms with van der Waals surface area (Å²) in [6, 6.07) is 7.64. The van der Waals surface area contributed by atoms with Gasteiger partial charge in [0.15, 0.2) is 5.82 Å². The fourth-order valence-electron chi connectivity index (χ4n) is 1.89. The molecule has 0 amide bonds. The molecule has 0 aliphatic carbocycles. The van der Waals surface area contributed by atoms with Gasteiger partial charge in [-0.15, -0.1) is 0 Å². The van der Waals surface area contributed by atoms with Crippen LogP contribution in [0.25, 0.3) is 0 Å². The highest BCUT2D eigenvalue weighted by Crippen LogP contribution is 2.26. The molecule has 1 aromatic heterocycles. The molecule has 1 aromatic carbocycles. The summed E-state index contributed by atoms with van der Waals surface area (Å²) >= 11 is 0. The highest BCUT2D eigenvalue weighted by molar-refractivity contribution is 5.41. The molecule has 0 saturated heterocycles. The highest BCUT2D eigenvalue weighted by atomic mass is 16.5. The molecular weight excluding hydrogens is 266 g/mol. The van der Waals surface area contributed by atoms with Gasteiger partial charge in [-0.25, -0.2) is 9.97 Å². The average Bonchev–Trinajstić information content (AvgIpc) is 2.53. The van der Waals surface area contributed by atoms with Crippen LogP contribution < -0.4 is 15.2 Å². The standard InChI is InChI=1S/C16H21N3O2/c1-2-10-20-14-5-4-13(6-7-17)15(11-14)21-12-16-18-8-3-9-19-16/h3-5,8-9,11H,2,6-7,10,12,17H2,1H3. The quantitative estimate of drug-likeness (QED) is 0.807. The molecule has 1 heterocycles. The lowest BCUT2D eigenvalue weighted by atomic mass is 10.1. The van der Waals surface area contributed by atoms with Crippen molar-refractivity contribution in [2.75, 3.05) is 13.2 Å². The van der Waals surface area contributed by atoms with Crippen molar-refractivity contribution in [3.8, 4) is 11.5 Å². The van der Waals surface area contributed by atoms with Crippen LogP contribution in [0.2, 0.25) is 0 Å². The maximum absolute atomic E-state index is 5.84. The Kier molecular flexibility index (Phi) is 5.97. The maximum Gasteiger partial charge on any atom is 0.166 e. The lowest BCUT2D eigenvalue weighted by Gasteiger charge is -2.13. The van der Waals surface area contributed by atoms with Gasteiger partial charge < -0.3 is 15.2 Å². The zero-order valence-electron chi connectivity index (χ0n) is 12.3. The summed E-state index contributed by atoms with van der Waals surface area (Å²) in [5.41, 5.74) is 6.71. The van der Waals surface area contributed by atoms with Crippen molar-refractivity contribution < 1.29 is 9.47 Å². The first-order chi connectivity index (χ1) is 10.3. The number of aromatic nitrogens is 2. The molecule has 0 aliphatic rings. The fourth-order valence-corrected chi connectivity index (χ4v) is 1.89. The van der Waals surface area contributed by atoms with Gasteiger partial charge in [-0.05, 0) is 37.1 Å². The van der Waals surface area contributed by atoms with E-state index < -0.39 is 0 Å². The van der Waals surface area contributed by atoms with E-state index in [9.17, 15) is 0 Å². The Balaban J connectivity index is 2.09. The monoisotopic (exact) mass is 287 g/mol. The van der Waals surface area contributed by atoms with Crippen LogP contribution >= 0.6 is 0 Å². The van der Waals surface area contributed by atoms with Gasteiger partial charge in [0.25, 0.3) is 0 Å². The molecule has 112 valence electrons. The van der Waals surface area contributed by atoms with E-state index in [-0.39, 0.29) is 0 Å². The second-order valence-electron chi connectivity index (χ2n) is 4.61. The zero-order chi connectivity index (χ0) is 14.9. The summed E-state index contributed by atoms with van der Waals surface area (Å²) in [5, 5.41) is 0. The highest BCUT2D eigenvalue weighted by Gasteiger charge is 2.07. The Hall–Kier alpha value is -2.14. The summed E-state index contributed by atoms with van der Waals surface area (Å²) in [7, 11) is 0. The largest absolute Gasteiger partial charge is 0.493 e. The van der Waals surface area contributed by atoms with Crippen molar-refractivity contribution in [3.63, 3.8) is 0 Å². The van der Waals surface area contributed by atoms with Crippen LogP contribution in [0, 0.1) is 0 Å². The molecule has 0 spiro atoms. The lowest BCUT2D eigenvalue weighted by Crippen LogP contribution is -2.07. The smallest absolute Gasteiger partial charge is 0.166 e. The number of nitrogens with zero attached hydrogens (tertiary/aromatic N) is 2. The zero-order valence-corrected chi connectivity index (χ0v) is 12.3. The van der Waals surface area contributed by atoms with Gasteiger partial charge in [0.2, 0.25) is 0 Å². The second-order valence-corrected chi connectivity index (χ2v) is 4.61. The van der Waals surface area contributed by atoms with Gasteiger partial charge in [0.05, 0.1) is 6.61 Å². The van der Waals surface area contributed by atoms with E-state index in [1.165, 1.54) is 0 Å². The Bertz CT molecular complexity index is 546. The first kappa shape index (κ1) is 15.3. The lowest BCUT2D eigenvalue weighted by molar-refractivity contribution is 0.285. The van der Waals surface area contributed by atoms with E-state index in [0.29, 0.717) is 25.6 Å². The average molecular weight is 287 g/mol. The minimum absolute atomic E-state index is 0.329. The van der Waals surface area contributed by atoms with Gasteiger partial charge in [0.1, 0.15) is 18.1 Å². The minimum Gasteiger partial charge on any atom is -0.493 e. The summed E-state index contributed by atoms with van der Waals surface area (Å²) in [6.45, 7) is 3.67. The first-order valence-electron chi connectivity index (χ1n) is 7.18. The molecule has 5 nitrogen and oxygen atoms in total. The van der Waals surface area contributed by atoms with Crippen LogP contribution in [0.15, 0.2) is 36.7 Å². The predicted molar refractivity (Wildman–Crippen MR) is 81.4 cm³/mol. The van der Waals surface area contributed by atoms with Crippen LogP contribution in [0.3, 0.4) is 0 Å². The third-order valence-electron chi connectivity index (χ3n) is 2.90. The van der Waals surface area contributed by atoms with Crippen LogP contribution in [0.5, 0.6) is 11.5 Å². The SMILES string of the molecule is CCCOc1ccc(CCN)c(OCc2ncccn2)c1. The van der Waals surface area contributed by atoms with Crippen molar-refractivity contribution in [2.24, 2.45) is 5.73 Å². The van der Waals surface area contributed by atoms with E-state index in [1.54, 1.807) is 18.5 Å². The normalized spacial score (nSPS) is 10.4. The van der Waals surface area contributed by atoms with E-state index in [0.717, 1.165) is 29.9 Å². The van der Waals surface area contributed by atoms with Crippen LogP contribution in [0.4, 0.5) is 0 Å². The number of ether oxygens (including phenoxy) is 2. The Labute approximate surface area is 125 Å². The topological polar surface area (TPSA) is 70.3 Å². The van der Waals surface area contributed by atoms with Gasteiger partial charge >= 0.3 is 0 Å². The Morgan fingerprint density at radius 1 is 1.14 bits per heavy atom. The number of hydrogen-bond donors (Lipinski definition) is 1. The Morgan fingerprint density at radius 2 is 1.95 bits per heavy atom. The van der Waals surface area contributed by atoms with Crippen molar-refractivity contribution in [3.05, 3.63) is 48.0 Å². The molecule has 2 N–H and O–H groups in total. The van der Waals surface area contributed by atoms with E-state index in [4.69, 9.17) is 15.2 Å². The molecule has 0 atom stereocenters. The number of benzene rings is 1. The molecule has 0 bridgehead atoms. The molecule has 0 aliphatic heterocycles. The van der Waals surface area contributed by atoms with Gasteiger partial charge in [-0.1, -0.05) is 13.0 Å². The van der Waals surface area contributed by atoms with Crippen molar-refractivity contribution >= 4 is 0 Å². The fraction of sp³-hybridized carbons (Fsp3) is 0.375. The number of nitrogens with two attached hydrogens (primary N) is 1. The third-order valence-corrected chi connectivity index (χ3v) is 2.90. The van der Waals surface area contributed by atoms with Gasteiger partial charge in [-0.2, -0.15) is 0 Å².